The second-order valence-electron chi connectivity index (χ2n) is 4.25. The average Bonchev–Trinajstić information content (AvgIpc) is 2.23. The second kappa shape index (κ2) is 6.37. The van der Waals surface area contributed by atoms with Gasteiger partial charge in [0.15, 0.2) is 0 Å². The van der Waals surface area contributed by atoms with E-state index in [4.69, 9.17) is 5.11 Å². The molecule has 0 bridgehead atoms. The fourth-order valence-electron chi connectivity index (χ4n) is 1.55. The maximum absolute atomic E-state index is 11.8. The third-order valence-electron chi connectivity index (χ3n) is 2.59. The molecule has 0 aromatic heterocycles. The Morgan fingerprint density at radius 3 is 2.33 bits per heavy atom. The lowest BCUT2D eigenvalue weighted by atomic mass is 9.92. The van der Waals surface area contributed by atoms with Crippen LogP contribution in [0.4, 0.5) is 0 Å². The minimum absolute atomic E-state index is 0.231. The summed E-state index contributed by atoms with van der Waals surface area (Å²) in [6.45, 7) is 4.99. The Morgan fingerprint density at radius 2 is 2.00 bits per heavy atom. The van der Waals surface area contributed by atoms with Crippen LogP contribution in [-0.2, 0) is 4.79 Å². The van der Waals surface area contributed by atoms with Crippen LogP contribution in [-0.4, -0.2) is 47.8 Å². The van der Waals surface area contributed by atoms with Crippen LogP contribution in [0.1, 0.15) is 26.2 Å². The second-order valence-corrected chi connectivity index (χ2v) is 7.08. The molecule has 0 fully saturated rings. The summed E-state index contributed by atoms with van der Waals surface area (Å²) in [5.41, 5.74) is -1.73. The summed E-state index contributed by atoms with van der Waals surface area (Å²) in [5, 5.41) is 28.2. The van der Waals surface area contributed by atoms with E-state index >= 15 is 0 Å². The van der Waals surface area contributed by atoms with Gasteiger partial charge in [0.25, 0.3) is 0 Å². The Hall–Kier alpha value is -0.233. The van der Waals surface area contributed by atoms with E-state index in [2.05, 4.69) is 0 Å². The van der Waals surface area contributed by atoms with E-state index in [0.29, 0.717) is 6.42 Å². The molecule has 0 aliphatic carbocycles. The molecule has 0 saturated heterocycles. The fourth-order valence-corrected chi connectivity index (χ4v) is 2.89. The molecule has 0 aromatic rings. The van der Waals surface area contributed by atoms with Gasteiger partial charge in [-0.15, -0.1) is 0 Å². The molecule has 5 heteroatoms. The standard InChI is InChI=1S/C10H22O4Si/c1-4-5-6-10(14,8(12)7-11)9(13)15(2)3/h8,11-12,14-15H,4-7H2,1-3H3/t8-,10+/m0/s1. The Balaban J connectivity index is 4.76. The first-order valence-corrected chi connectivity index (χ1v) is 8.34. The predicted octanol–water partition coefficient (Wildman–Crippen LogP) is -0.144. The van der Waals surface area contributed by atoms with Crippen molar-refractivity contribution in [3.63, 3.8) is 0 Å². The van der Waals surface area contributed by atoms with Crippen molar-refractivity contribution in [2.24, 2.45) is 0 Å². The minimum atomic E-state index is -1.73. The van der Waals surface area contributed by atoms with Crippen molar-refractivity contribution in [2.45, 2.75) is 51.0 Å². The average molecular weight is 234 g/mol. The van der Waals surface area contributed by atoms with Crippen LogP contribution in [0, 0.1) is 0 Å². The van der Waals surface area contributed by atoms with Crippen molar-refractivity contribution in [2.75, 3.05) is 6.61 Å². The summed E-state index contributed by atoms with van der Waals surface area (Å²) in [4.78, 5) is 11.8. The smallest absolute Gasteiger partial charge is 0.145 e. The number of rotatable bonds is 7. The molecule has 0 aromatic carbocycles. The van der Waals surface area contributed by atoms with Crippen LogP contribution in [0.2, 0.25) is 13.1 Å². The number of carbonyl (C=O) groups is 1. The zero-order chi connectivity index (χ0) is 12.1. The van der Waals surface area contributed by atoms with Crippen molar-refractivity contribution in [3.8, 4) is 0 Å². The minimum Gasteiger partial charge on any atom is -0.394 e. The Bertz CT molecular complexity index is 208. The highest BCUT2D eigenvalue weighted by atomic mass is 28.3. The lowest BCUT2D eigenvalue weighted by molar-refractivity contribution is -0.147. The lowest BCUT2D eigenvalue weighted by Gasteiger charge is -2.32. The van der Waals surface area contributed by atoms with Gasteiger partial charge in [0.2, 0.25) is 0 Å². The van der Waals surface area contributed by atoms with E-state index in [9.17, 15) is 15.0 Å². The van der Waals surface area contributed by atoms with Crippen LogP contribution in [0.3, 0.4) is 0 Å². The molecule has 0 aliphatic heterocycles. The molecule has 0 spiro atoms. The van der Waals surface area contributed by atoms with Gasteiger partial charge >= 0.3 is 0 Å². The van der Waals surface area contributed by atoms with E-state index in [1.807, 2.05) is 20.0 Å². The monoisotopic (exact) mass is 234 g/mol. The number of aliphatic hydroxyl groups excluding tert-OH is 2. The van der Waals surface area contributed by atoms with Gasteiger partial charge in [0.1, 0.15) is 25.9 Å². The molecule has 0 aliphatic rings. The molecule has 0 amide bonds. The van der Waals surface area contributed by atoms with E-state index in [1.165, 1.54) is 0 Å². The van der Waals surface area contributed by atoms with E-state index < -0.39 is 27.1 Å². The largest absolute Gasteiger partial charge is 0.394 e. The van der Waals surface area contributed by atoms with E-state index in [-0.39, 0.29) is 11.8 Å². The Kier molecular flexibility index (Phi) is 6.27. The SMILES string of the molecule is CCCC[C@](O)(C(=O)[SiH](C)C)[C@@H](O)CO. The van der Waals surface area contributed by atoms with Crippen LogP contribution in [0.25, 0.3) is 0 Å². The first-order valence-electron chi connectivity index (χ1n) is 5.45. The van der Waals surface area contributed by atoms with Gasteiger partial charge in [-0.05, 0) is 6.42 Å². The molecule has 0 unspecified atom stereocenters. The molecule has 90 valence electrons. The Labute approximate surface area is 92.5 Å². The first-order chi connectivity index (χ1) is 6.90. The topological polar surface area (TPSA) is 77.8 Å². The van der Waals surface area contributed by atoms with Gasteiger partial charge in [0, 0.05) is 0 Å². The molecule has 0 heterocycles. The summed E-state index contributed by atoms with van der Waals surface area (Å²) >= 11 is 0. The fraction of sp³-hybridized carbons (Fsp3) is 0.900. The van der Waals surface area contributed by atoms with Gasteiger partial charge in [-0.1, -0.05) is 32.9 Å². The maximum atomic E-state index is 11.8. The van der Waals surface area contributed by atoms with Crippen molar-refractivity contribution in [1.82, 2.24) is 0 Å². The molecule has 2 atom stereocenters. The third-order valence-corrected chi connectivity index (χ3v) is 4.14. The lowest BCUT2D eigenvalue weighted by Crippen LogP contribution is -2.55. The van der Waals surface area contributed by atoms with Crippen molar-refractivity contribution in [1.29, 1.82) is 0 Å². The quantitative estimate of drug-likeness (QED) is 0.536. The summed E-state index contributed by atoms with van der Waals surface area (Å²) in [7, 11) is -1.66. The van der Waals surface area contributed by atoms with Crippen LogP contribution in [0.15, 0.2) is 0 Å². The first kappa shape index (κ1) is 14.8. The van der Waals surface area contributed by atoms with Gasteiger partial charge in [0.05, 0.1) is 6.61 Å². The summed E-state index contributed by atoms with van der Waals surface area (Å²) in [5.74, 6) is 0. The molecule has 3 N–H and O–H groups in total. The highest BCUT2D eigenvalue weighted by Crippen LogP contribution is 2.21. The molecule has 15 heavy (non-hydrogen) atoms. The van der Waals surface area contributed by atoms with Crippen LogP contribution < -0.4 is 0 Å². The van der Waals surface area contributed by atoms with Crippen LogP contribution in [0.5, 0.6) is 0 Å². The molecule has 0 saturated carbocycles. The Morgan fingerprint density at radius 1 is 1.47 bits per heavy atom. The summed E-state index contributed by atoms with van der Waals surface area (Å²) in [6.07, 6.45) is 0.384. The zero-order valence-corrected chi connectivity index (χ0v) is 10.9. The van der Waals surface area contributed by atoms with Crippen molar-refractivity contribution < 1.29 is 20.1 Å². The normalized spacial score (nSPS) is 17.5. The van der Waals surface area contributed by atoms with Gasteiger partial charge in [-0.3, -0.25) is 0 Å². The van der Waals surface area contributed by atoms with Gasteiger partial charge in [-0.2, -0.15) is 0 Å². The molecule has 0 rings (SSSR count). The van der Waals surface area contributed by atoms with Crippen molar-refractivity contribution >= 4 is 14.2 Å². The highest BCUT2D eigenvalue weighted by molar-refractivity contribution is 6.89. The summed E-state index contributed by atoms with van der Waals surface area (Å²) in [6, 6.07) is 0. The van der Waals surface area contributed by atoms with E-state index in [1.54, 1.807) is 0 Å². The van der Waals surface area contributed by atoms with E-state index in [0.717, 1.165) is 6.42 Å². The summed E-state index contributed by atoms with van der Waals surface area (Å²) < 4.78 is 0. The molecular weight excluding hydrogens is 212 g/mol. The third kappa shape index (κ3) is 3.68. The number of aliphatic hydroxyl groups is 3. The number of carbonyl (C=O) groups excluding carboxylic acids is 1. The maximum Gasteiger partial charge on any atom is 0.145 e. The molecule has 0 radical (unpaired) electrons. The molecular formula is C10H22O4Si. The number of hydrogen-bond donors (Lipinski definition) is 3. The van der Waals surface area contributed by atoms with Gasteiger partial charge < -0.3 is 20.1 Å². The molecule has 4 nitrogen and oxygen atoms in total. The highest BCUT2D eigenvalue weighted by Gasteiger charge is 2.42. The van der Waals surface area contributed by atoms with Crippen molar-refractivity contribution in [3.05, 3.63) is 0 Å². The number of hydrogen-bond acceptors (Lipinski definition) is 4. The van der Waals surface area contributed by atoms with Gasteiger partial charge in [-0.25, -0.2) is 0 Å². The zero-order valence-electron chi connectivity index (χ0n) is 9.73. The van der Waals surface area contributed by atoms with Crippen LogP contribution >= 0.6 is 0 Å². The number of unbranched alkanes of at least 4 members (excludes halogenated alkanes) is 1. The predicted molar refractivity (Wildman–Crippen MR) is 61.5 cm³/mol.